The third kappa shape index (κ3) is 4.09. The van der Waals surface area contributed by atoms with E-state index in [0.717, 1.165) is 28.9 Å². The van der Waals surface area contributed by atoms with Crippen LogP contribution in [0.25, 0.3) is 28.3 Å². The Kier molecular flexibility index (Phi) is 4.94. The second-order valence-corrected chi connectivity index (χ2v) is 8.10. The molecule has 0 aliphatic heterocycles. The number of benzene rings is 2. The average molecular weight is 451 g/mol. The molecule has 0 aliphatic carbocycles. The van der Waals surface area contributed by atoms with E-state index < -0.39 is 27.7 Å². The quantitative estimate of drug-likeness (QED) is 0.459. The minimum Gasteiger partial charge on any atom is -0.464 e. The fraction of sp³-hybridized carbons (Fsp3) is 0.0500. The molecule has 0 saturated heterocycles. The Labute approximate surface area is 173 Å². The predicted octanol–water partition coefficient (Wildman–Crippen LogP) is 4.60. The van der Waals surface area contributed by atoms with Gasteiger partial charge in [-0.15, -0.1) is 0 Å². The van der Waals surface area contributed by atoms with Crippen molar-refractivity contribution in [3.63, 3.8) is 0 Å². The molecule has 0 spiro atoms. The van der Waals surface area contributed by atoms with E-state index >= 15 is 0 Å². The fourth-order valence-corrected chi connectivity index (χ4v) is 3.52. The smallest absolute Gasteiger partial charge is 0.435 e. The number of furan rings is 1. The van der Waals surface area contributed by atoms with Crippen molar-refractivity contribution in [2.45, 2.75) is 11.1 Å². The monoisotopic (exact) mass is 451 g/mol. The lowest BCUT2D eigenvalue weighted by Gasteiger charge is -2.09. The number of hydrogen-bond donors (Lipinski definition) is 1. The zero-order chi connectivity index (χ0) is 22.4. The molecule has 0 amide bonds. The number of hydrogen-bond acceptors (Lipinski definition) is 4. The Hall–Kier alpha value is -3.44. The predicted molar refractivity (Wildman–Crippen MR) is 103 cm³/mol. The van der Waals surface area contributed by atoms with E-state index in [2.05, 4.69) is 5.10 Å². The van der Waals surface area contributed by atoms with Crippen LogP contribution in [-0.2, 0) is 16.2 Å². The zero-order valence-corrected chi connectivity index (χ0v) is 16.3. The van der Waals surface area contributed by atoms with Crippen molar-refractivity contribution in [2.75, 3.05) is 0 Å². The van der Waals surface area contributed by atoms with Gasteiger partial charge >= 0.3 is 6.18 Å². The first-order valence-corrected chi connectivity index (χ1v) is 10.2. The van der Waals surface area contributed by atoms with Crippen LogP contribution in [0.3, 0.4) is 0 Å². The van der Waals surface area contributed by atoms with Crippen LogP contribution >= 0.6 is 0 Å². The van der Waals surface area contributed by atoms with Crippen molar-refractivity contribution < 1.29 is 30.4 Å². The minimum atomic E-state index is -4.74. The summed E-state index contributed by atoms with van der Waals surface area (Å²) >= 11 is 0. The molecule has 2 heterocycles. The molecule has 4 aromatic rings. The molecule has 6 nitrogen and oxygen atoms in total. The lowest BCUT2D eigenvalue weighted by atomic mass is 10.1. The summed E-state index contributed by atoms with van der Waals surface area (Å²) in [6.07, 6.45) is -3.37. The molecule has 0 saturated carbocycles. The second-order valence-electron chi connectivity index (χ2n) is 6.54. The van der Waals surface area contributed by atoms with Gasteiger partial charge in [0.1, 0.15) is 11.6 Å². The van der Waals surface area contributed by atoms with Crippen LogP contribution in [0.5, 0.6) is 0 Å². The number of rotatable bonds is 4. The van der Waals surface area contributed by atoms with Gasteiger partial charge in [-0.25, -0.2) is 22.6 Å². The highest BCUT2D eigenvalue weighted by Gasteiger charge is 2.35. The summed E-state index contributed by atoms with van der Waals surface area (Å²) in [5.74, 6) is -0.426. The number of primary sulfonamides is 1. The molecule has 0 atom stereocenters. The van der Waals surface area contributed by atoms with Crippen LogP contribution in [0.15, 0.2) is 76.2 Å². The molecule has 0 aliphatic rings. The van der Waals surface area contributed by atoms with Crippen LogP contribution in [0.2, 0.25) is 0 Å². The standard InChI is InChI=1S/C20H13F4N3O3S/c21-16-10-12(3-8-15(16)18-2-1-9-30-18)17-11-19(20(22,23)24)26-27(17)13-4-6-14(7-5-13)31(25,28)29/h1-11H,(H2,25,28,29). The maximum atomic E-state index is 14.7. The highest BCUT2D eigenvalue weighted by atomic mass is 32.2. The van der Waals surface area contributed by atoms with E-state index in [-0.39, 0.29) is 33.2 Å². The van der Waals surface area contributed by atoms with Crippen molar-refractivity contribution in [3.05, 3.63) is 78.4 Å². The molecule has 0 unspecified atom stereocenters. The lowest BCUT2D eigenvalue weighted by Crippen LogP contribution is -2.12. The maximum absolute atomic E-state index is 14.7. The number of aromatic nitrogens is 2. The molecule has 2 aromatic carbocycles. The largest absolute Gasteiger partial charge is 0.464 e. The molecule has 0 radical (unpaired) electrons. The minimum absolute atomic E-state index is 0.0411. The van der Waals surface area contributed by atoms with Gasteiger partial charge in [0, 0.05) is 5.56 Å². The molecule has 160 valence electrons. The van der Waals surface area contributed by atoms with Crippen molar-refractivity contribution in [1.82, 2.24) is 9.78 Å². The molecule has 2 aromatic heterocycles. The summed E-state index contributed by atoms with van der Waals surface area (Å²) in [6.45, 7) is 0. The Balaban J connectivity index is 1.84. The Morgan fingerprint density at radius 2 is 1.71 bits per heavy atom. The van der Waals surface area contributed by atoms with Gasteiger partial charge in [-0.2, -0.15) is 18.3 Å². The van der Waals surface area contributed by atoms with Crippen molar-refractivity contribution in [2.24, 2.45) is 5.14 Å². The van der Waals surface area contributed by atoms with Gasteiger partial charge in [-0.05, 0) is 54.6 Å². The van der Waals surface area contributed by atoms with Crippen LogP contribution in [-0.4, -0.2) is 18.2 Å². The van der Waals surface area contributed by atoms with Gasteiger partial charge in [0.25, 0.3) is 0 Å². The van der Waals surface area contributed by atoms with Gasteiger partial charge in [0.05, 0.1) is 28.1 Å². The molecule has 0 bridgehead atoms. The molecule has 0 fully saturated rings. The summed E-state index contributed by atoms with van der Waals surface area (Å²) in [5, 5.41) is 8.64. The molecule has 2 N–H and O–H groups in total. The summed E-state index contributed by atoms with van der Waals surface area (Å²) in [6, 6.07) is 12.6. The first-order valence-electron chi connectivity index (χ1n) is 8.68. The average Bonchev–Trinajstić information content (AvgIpc) is 3.37. The van der Waals surface area contributed by atoms with Crippen molar-refractivity contribution in [3.8, 4) is 28.3 Å². The van der Waals surface area contributed by atoms with E-state index in [1.165, 1.54) is 30.5 Å². The van der Waals surface area contributed by atoms with Gasteiger partial charge in [-0.3, -0.25) is 0 Å². The number of alkyl halides is 3. The highest BCUT2D eigenvalue weighted by molar-refractivity contribution is 7.89. The van der Waals surface area contributed by atoms with Crippen LogP contribution in [0.4, 0.5) is 17.6 Å². The zero-order valence-electron chi connectivity index (χ0n) is 15.5. The highest BCUT2D eigenvalue weighted by Crippen LogP contribution is 2.35. The van der Waals surface area contributed by atoms with E-state index in [1.807, 2.05) is 0 Å². The first kappa shape index (κ1) is 20.8. The van der Waals surface area contributed by atoms with Gasteiger partial charge in [0.15, 0.2) is 5.69 Å². The van der Waals surface area contributed by atoms with Gasteiger partial charge in [-0.1, -0.05) is 6.07 Å². The van der Waals surface area contributed by atoms with Gasteiger partial charge in [0.2, 0.25) is 10.0 Å². The summed E-state index contributed by atoms with van der Waals surface area (Å²) in [4.78, 5) is -0.213. The summed E-state index contributed by atoms with van der Waals surface area (Å²) in [5.41, 5.74) is -0.817. The Morgan fingerprint density at radius 1 is 1.00 bits per heavy atom. The Morgan fingerprint density at radius 3 is 2.26 bits per heavy atom. The molecular formula is C20H13F4N3O3S. The fourth-order valence-electron chi connectivity index (χ4n) is 3.01. The topological polar surface area (TPSA) is 91.1 Å². The summed E-state index contributed by atoms with van der Waals surface area (Å²) < 4.78 is 83.6. The molecule has 11 heteroatoms. The number of sulfonamides is 1. The first-order chi connectivity index (χ1) is 14.5. The van der Waals surface area contributed by atoms with Crippen LogP contribution < -0.4 is 5.14 Å². The summed E-state index contributed by atoms with van der Waals surface area (Å²) in [7, 11) is -3.98. The third-order valence-electron chi connectivity index (χ3n) is 4.46. The normalized spacial score (nSPS) is 12.3. The van der Waals surface area contributed by atoms with E-state index in [4.69, 9.17) is 9.56 Å². The molecule has 4 rings (SSSR count). The Bertz CT molecular complexity index is 1340. The van der Waals surface area contributed by atoms with E-state index in [9.17, 15) is 26.0 Å². The number of nitrogens with zero attached hydrogens (tertiary/aromatic N) is 2. The number of nitrogens with two attached hydrogens (primary N) is 1. The lowest BCUT2D eigenvalue weighted by molar-refractivity contribution is -0.141. The number of halogens is 4. The van der Waals surface area contributed by atoms with E-state index in [1.54, 1.807) is 12.1 Å². The molecule has 31 heavy (non-hydrogen) atoms. The van der Waals surface area contributed by atoms with Crippen molar-refractivity contribution in [1.29, 1.82) is 0 Å². The SMILES string of the molecule is NS(=O)(=O)c1ccc(-n2nc(C(F)(F)F)cc2-c2ccc(-c3ccco3)c(F)c2)cc1. The molecular weight excluding hydrogens is 438 g/mol. The van der Waals surface area contributed by atoms with Crippen LogP contribution in [0, 0.1) is 5.82 Å². The van der Waals surface area contributed by atoms with Gasteiger partial charge < -0.3 is 4.42 Å². The van der Waals surface area contributed by atoms with E-state index in [0.29, 0.717) is 0 Å². The third-order valence-corrected chi connectivity index (χ3v) is 5.39. The van der Waals surface area contributed by atoms with Crippen LogP contribution in [0.1, 0.15) is 5.69 Å². The van der Waals surface area contributed by atoms with Crippen molar-refractivity contribution >= 4 is 10.0 Å². The maximum Gasteiger partial charge on any atom is 0.435 e. The second kappa shape index (κ2) is 7.36.